The van der Waals surface area contributed by atoms with Crippen molar-refractivity contribution in [3.63, 3.8) is 0 Å². The summed E-state index contributed by atoms with van der Waals surface area (Å²) in [4.78, 5) is 10.4. The van der Waals surface area contributed by atoms with Crippen LogP contribution in [-0.2, 0) is 11.3 Å². The van der Waals surface area contributed by atoms with Crippen LogP contribution in [0.4, 0.5) is 0 Å². The van der Waals surface area contributed by atoms with Crippen molar-refractivity contribution in [2.24, 2.45) is 0 Å². The fourth-order valence-corrected chi connectivity index (χ4v) is 1.35. The van der Waals surface area contributed by atoms with E-state index in [1.165, 1.54) is 6.08 Å². The van der Waals surface area contributed by atoms with Crippen molar-refractivity contribution >= 4 is 5.97 Å². The first-order valence-electron chi connectivity index (χ1n) is 5.19. The van der Waals surface area contributed by atoms with Crippen LogP contribution in [0.3, 0.4) is 0 Å². The third kappa shape index (κ3) is 4.75. The van der Waals surface area contributed by atoms with Crippen molar-refractivity contribution in [2.75, 3.05) is 6.54 Å². The van der Waals surface area contributed by atoms with Crippen molar-refractivity contribution < 1.29 is 9.90 Å². The van der Waals surface area contributed by atoms with E-state index in [1.807, 2.05) is 23.9 Å². The minimum Gasteiger partial charge on any atom is -0.478 e. The number of hydrogen-bond donors (Lipinski definition) is 2. The van der Waals surface area contributed by atoms with Crippen LogP contribution >= 0.6 is 0 Å². The molecule has 0 bridgehead atoms. The number of carboxylic acids is 1. The van der Waals surface area contributed by atoms with E-state index in [4.69, 9.17) is 5.11 Å². The second-order valence-electron chi connectivity index (χ2n) is 3.84. The largest absolute Gasteiger partial charge is 0.478 e. The maximum atomic E-state index is 10.4. The molecule has 5 nitrogen and oxygen atoms in total. The molecule has 0 aromatic carbocycles. The van der Waals surface area contributed by atoms with E-state index >= 15 is 0 Å². The van der Waals surface area contributed by atoms with Gasteiger partial charge in [0.15, 0.2) is 0 Å². The average molecular weight is 223 g/mol. The summed E-state index contributed by atoms with van der Waals surface area (Å²) >= 11 is 0. The molecule has 0 spiro atoms. The molecular weight excluding hydrogens is 206 g/mol. The molecular formula is C11H17N3O2. The van der Waals surface area contributed by atoms with Gasteiger partial charge >= 0.3 is 5.97 Å². The number of hydrogen-bond acceptors (Lipinski definition) is 3. The Morgan fingerprint density at radius 2 is 2.44 bits per heavy atom. The predicted molar refractivity (Wildman–Crippen MR) is 61.1 cm³/mol. The summed E-state index contributed by atoms with van der Waals surface area (Å²) < 4.78 is 1.84. The van der Waals surface area contributed by atoms with Gasteiger partial charge < -0.3 is 10.4 Å². The molecule has 0 aliphatic rings. The number of aromatic nitrogens is 2. The van der Waals surface area contributed by atoms with E-state index in [9.17, 15) is 4.79 Å². The molecule has 1 heterocycles. The molecule has 0 radical (unpaired) electrons. The summed E-state index contributed by atoms with van der Waals surface area (Å²) in [7, 11) is 0. The van der Waals surface area contributed by atoms with Crippen LogP contribution in [0.5, 0.6) is 0 Å². The molecule has 1 unspecified atom stereocenters. The van der Waals surface area contributed by atoms with E-state index in [0.29, 0.717) is 6.54 Å². The quantitative estimate of drug-likeness (QED) is 0.703. The summed E-state index contributed by atoms with van der Waals surface area (Å²) in [6.45, 7) is 5.18. The zero-order valence-corrected chi connectivity index (χ0v) is 9.55. The molecule has 0 aliphatic heterocycles. The highest BCUT2D eigenvalue weighted by atomic mass is 16.4. The molecule has 0 saturated heterocycles. The first-order valence-corrected chi connectivity index (χ1v) is 5.19. The van der Waals surface area contributed by atoms with Gasteiger partial charge in [-0.2, -0.15) is 5.10 Å². The Balaban J connectivity index is 2.30. The van der Waals surface area contributed by atoms with E-state index in [1.54, 1.807) is 13.1 Å². The summed E-state index contributed by atoms with van der Waals surface area (Å²) in [5.74, 6) is -0.904. The molecule has 0 amide bonds. The summed E-state index contributed by atoms with van der Waals surface area (Å²) in [6.07, 6.45) is 4.86. The van der Waals surface area contributed by atoms with Crippen molar-refractivity contribution in [2.45, 2.75) is 26.4 Å². The Kier molecular flexibility index (Phi) is 4.72. The fraction of sp³-hybridized carbons (Fsp3) is 0.455. The number of aliphatic carboxylic acids is 1. The molecule has 0 saturated carbocycles. The minimum absolute atomic E-state index is 0.247. The van der Waals surface area contributed by atoms with Crippen molar-refractivity contribution in [3.05, 3.63) is 30.1 Å². The molecule has 1 atom stereocenters. The van der Waals surface area contributed by atoms with Crippen LogP contribution in [0.2, 0.25) is 0 Å². The highest BCUT2D eigenvalue weighted by Crippen LogP contribution is 1.94. The fourth-order valence-electron chi connectivity index (χ4n) is 1.35. The third-order valence-electron chi connectivity index (χ3n) is 2.12. The number of nitrogens with zero attached hydrogens (tertiary/aromatic N) is 2. The van der Waals surface area contributed by atoms with Crippen LogP contribution in [0, 0.1) is 0 Å². The van der Waals surface area contributed by atoms with Crippen LogP contribution in [0.25, 0.3) is 0 Å². The number of rotatable bonds is 6. The number of nitrogens with one attached hydrogen (secondary N) is 1. The lowest BCUT2D eigenvalue weighted by atomic mass is 10.2. The second-order valence-corrected chi connectivity index (χ2v) is 3.84. The van der Waals surface area contributed by atoms with Crippen LogP contribution in [0.1, 0.15) is 13.8 Å². The minimum atomic E-state index is -0.904. The van der Waals surface area contributed by atoms with Gasteiger partial charge in [0.1, 0.15) is 0 Å². The molecule has 1 aromatic rings. The van der Waals surface area contributed by atoms with Gasteiger partial charge in [0, 0.05) is 31.1 Å². The predicted octanol–water partition coefficient (Wildman–Crippen LogP) is 0.892. The van der Waals surface area contributed by atoms with E-state index in [0.717, 1.165) is 12.1 Å². The van der Waals surface area contributed by atoms with E-state index in [-0.39, 0.29) is 6.04 Å². The normalized spacial score (nSPS) is 13.8. The second kappa shape index (κ2) is 6.07. The average Bonchev–Trinajstić information content (AvgIpc) is 2.66. The van der Waals surface area contributed by atoms with Crippen LogP contribution < -0.4 is 5.32 Å². The Morgan fingerprint density at radius 3 is 3.00 bits per heavy atom. The number of carbonyl (C=O) groups is 1. The topological polar surface area (TPSA) is 67.2 Å². The smallest absolute Gasteiger partial charge is 0.328 e. The molecule has 0 fully saturated rings. The Bertz CT molecular complexity index is 357. The lowest BCUT2D eigenvalue weighted by Gasteiger charge is -2.13. The zero-order chi connectivity index (χ0) is 12.0. The highest BCUT2D eigenvalue weighted by molar-refractivity contribution is 5.80. The molecule has 5 heteroatoms. The molecule has 1 rings (SSSR count). The van der Waals surface area contributed by atoms with Crippen molar-refractivity contribution in [3.8, 4) is 0 Å². The summed E-state index contributed by atoms with van der Waals surface area (Å²) in [5.41, 5.74) is 0.805. The van der Waals surface area contributed by atoms with Gasteiger partial charge in [-0.15, -0.1) is 0 Å². The van der Waals surface area contributed by atoms with E-state index in [2.05, 4.69) is 10.4 Å². The SMILES string of the molecule is C/C(=C\C(=O)O)CNC(C)Cn1cccn1. The van der Waals surface area contributed by atoms with Crippen LogP contribution in [-0.4, -0.2) is 33.4 Å². The lowest BCUT2D eigenvalue weighted by molar-refractivity contribution is -0.131. The van der Waals surface area contributed by atoms with Gasteiger partial charge in [0.05, 0.1) is 6.54 Å². The molecule has 1 aromatic heterocycles. The van der Waals surface area contributed by atoms with Gasteiger partial charge in [-0.05, 0) is 19.9 Å². The Morgan fingerprint density at radius 1 is 1.69 bits per heavy atom. The standard InChI is InChI=1S/C11H17N3O2/c1-9(6-11(15)16)7-12-10(2)8-14-5-3-4-13-14/h3-6,10,12H,7-8H2,1-2H3,(H,15,16)/b9-6+. The van der Waals surface area contributed by atoms with Gasteiger partial charge in [-0.3, -0.25) is 4.68 Å². The Hall–Kier alpha value is -1.62. The van der Waals surface area contributed by atoms with E-state index < -0.39 is 5.97 Å². The van der Waals surface area contributed by atoms with Gasteiger partial charge in [-0.1, -0.05) is 5.57 Å². The number of carboxylic acid groups (broad SMARTS) is 1. The highest BCUT2D eigenvalue weighted by Gasteiger charge is 2.02. The van der Waals surface area contributed by atoms with Crippen molar-refractivity contribution in [1.82, 2.24) is 15.1 Å². The molecule has 16 heavy (non-hydrogen) atoms. The molecule has 2 N–H and O–H groups in total. The molecule has 88 valence electrons. The first kappa shape index (κ1) is 12.4. The summed E-state index contributed by atoms with van der Waals surface area (Å²) in [6, 6.07) is 2.12. The van der Waals surface area contributed by atoms with Gasteiger partial charge in [-0.25, -0.2) is 4.79 Å². The maximum absolute atomic E-state index is 10.4. The lowest BCUT2D eigenvalue weighted by Crippen LogP contribution is -2.31. The Labute approximate surface area is 94.8 Å². The monoisotopic (exact) mass is 223 g/mol. The summed E-state index contributed by atoms with van der Waals surface area (Å²) in [5, 5.41) is 15.9. The molecule has 0 aliphatic carbocycles. The van der Waals surface area contributed by atoms with Crippen molar-refractivity contribution in [1.29, 1.82) is 0 Å². The third-order valence-corrected chi connectivity index (χ3v) is 2.12. The van der Waals surface area contributed by atoms with Gasteiger partial charge in [0.2, 0.25) is 0 Å². The maximum Gasteiger partial charge on any atom is 0.328 e. The van der Waals surface area contributed by atoms with Gasteiger partial charge in [0.25, 0.3) is 0 Å². The van der Waals surface area contributed by atoms with Crippen LogP contribution in [0.15, 0.2) is 30.1 Å². The zero-order valence-electron chi connectivity index (χ0n) is 9.55. The first-order chi connectivity index (χ1) is 7.58.